The number of carbonyl (C=O) groups is 2. The highest BCUT2D eigenvalue weighted by Crippen LogP contribution is 2.27. The molecule has 0 aliphatic rings. The fraction of sp³-hybridized carbons (Fsp3) is 0.333. The molecule has 24 heavy (non-hydrogen) atoms. The van der Waals surface area contributed by atoms with E-state index < -0.39 is 11.3 Å². The first-order valence-corrected chi connectivity index (χ1v) is 7.61. The number of amides is 2. The number of ether oxygens (including phenoxy) is 1. The quantitative estimate of drug-likeness (QED) is 0.798. The van der Waals surface area contributed by atoms with Crippen LogP contribution in [0.25, 0.3) is 0 Å². The van der Waals surface area contributed by atoms with Gasteiger partial charge in [-0.25, -0.2) is 0 Å². The van der Waals surface area contributed by atoms with Gasteiger partial charge in [-0.1, -0.05) is 6.07 Å². The van der Waals surface area contributed by atoms with Crippen molar-refractivity contribution in [2.75, 3.05) is 12.4 Å². The van der Waals surface area contributed by atoms with Crippen LogP contribution >= 0.6 is 0 Å². The second-order valence-electron chi connectivity index (χ2n) is 6.04. The molecule has 1 aromatic carbocycles. The lowest BCUT2D eigenvalue weighted by molar-refractivity contribution is -0.138. The van der Waals surface area contributed by atoms with E-state index in [1.165, 1.54) is 13.4 Å². The topological polar surface area (TPSA) is 80.6 Å². The SMILES string of the molecule is COc1ccc(C)cc1NC(=O)C(C)(C)C(=O)NCc1ccco1. The highest BCUT2D eigenvalue weighted by molar-refractivity contribution is 6.10. The van der Waals surface area contributed by atoms with Crippen molar-refractivity contribution in [2.24, 2.45) is 5.41 Å². The van der Waals surface area contributed by atoms with Crippen LogP contribution in [0.15, 0.2) is 41.0 Å². The Bertz CT molecular complexity index is 721. The molecule has 0 fully saturated rings. The van der Waals surface area contributed by atoms with Crippen molar-refractivity contribution in [1.82, 2.24) is 5.32 Å². The molecule has 6 heteroatoms. The van der Waals surface area contributed by atoms with Gasteiger partial charge in [-0.3, -0.25) is 9.59 Å². The standard InChI is InChI=1S/C18H22N2O4/c1-12-7-8-15(23-4)14(10-12)20-17(22)18(2,3)16(21)19-11-13-6-5-9-24-13/h5-10H,11H2,1-4H3,(H,19,21)(H,20,22). The number of hydrogen-bond donors (Lipinski definition) is 2. The van der Waals surface area contributed by atoms with Crippen LogP contribution < -0.4 is 15.4 Å². The van der Waals surface area contributed by atoms with Gasteiger partial charge in [0.05, 0.1) is 25.6 Å². The summed E-state index contributed by atoms with van der Waals surface area (Å²) in [5, 5.41) is 5.48. The summed E-state index contributed by atoms with van der Waals surface area (Å²) in [5.41, 5.74) is 0.266. The lowest BCUT2D eigenvalue weighted by Gasteiger charge is -2.23. The van der Waals surface area contributed by atoms with Gasteiger partial charge in [0.25, 0.3) is 0 Å². The summed E-state index contributed by atoms with van der Waals surface area (Å²) in [7, 11) is 1.53. The van der Waals surface area contributed by atoms with Gasteiger partial charge >= 0.3 is 0 Å². The molecule has 0 saturated carbocycles. The zero-order chi connectivity index (χ0) is 17.7. The summed E-state index contributed by atoms with van der Waals surface area (Å²) in [6.07, 6.45) is 1.53. The predicted octanol–water partition coefficient (Wildman–Crippen LogP) is 2.88. The van der Waals surface area contributed by atoms with Crippen LogP contribution in [0.2, 0.25) is 0 Å². The number of rotatable bonds is 6. The van der Waals surface area contributed by atoms with E-state index in [1.54, 1.807) is 38.1 Å². The maximum absolute atomic E-state index is 12.6. The van der Waals surface area contributed by atoms with Crippen molar-refractivity contribution in [3.8, 4) is 5.75 Å². The monoisotopic (exact) mass is 330 g/mol. The van der Waals surface area contributed by atoms with Crippen LogP contribution in [0.5, 0.6) is 5.75 Å². The lowest BCUT2D eigenvalue weighted by atomic mass is 9.91. The van der Waals surface area contributed by atoms with Crippen molar-refractivity contribution in [1.29, 1.82) is 0 Å². The Labute approximate surface area is 141 Å². The molecule has 0 radical (unpaired) electrons. The molecule has 2 N–H and O–H groups in total. The van der Waals surface area contributed by atoms with Crippen LogP contribution in [-0.2, 0) is 16.1 Å². The largest absolute Gasteiger partial charge is 0.495 e. The van der Waals surface area contributed by atoms with Crippen molar-refractivity contribution in [3.63, 3.8) is 0 Å². The molecular weight excluding hydrogens is 308 g/mol. The maximum atomic E-state index is 12.6. The van der Waals surface area contributed by atoms with Crippen LogP contribution in [0, 0.1) is 12.3 Å². The van der Waals surface area contributed by atoms with Crippen molar-refractivity contribution >= 4 is 17.5 Å². The average Bonchev–Trinajstić information content (AvgIpc) is 3.06. The number of aryl methyl sites for hydroxylation is 1. The molecule has 2 rings (SSSR count). The second-order valence-corrected chi connectivity index (χ2v) is 6.04. The van der Waals surface area contributed by atoms with Gasteiger partial charge in [-0.05, 0) is 50.6 Å². The summed E-state index contributed by atoms with van der Waals surface area (Å²) < 4.78 is 10.4. The van der Waals surface area contributed by atoms with Crippen LogP contribution in [0.4, 0.5) is 5.69 Å². The van der Waals surface area contributed by atoms with Crippen LogP contribution in [0.1, 0.15) is 25.2 Å². The van der Waals surface area contributed by atoms with Crippen LogP contribution in [0.3, 0.4) is 0 Å². The molecule has 2 amide bonds. The van der Waals surface area contributed by atoms with Crippen molar-refractivity contribution in [3.05, 3.63) is 47.9 Å². The first kappa shape index (κ1) is 17.6. The summed E-state index contributed by atoms with van der Waals surface area (Å²) in [6, 6.07) is 8.95. The molecule has 0 spiro atoms. The number of carbonyl (C=O) groups excluding carboxylic acids is 2. The lowest BCUT2D eigenvalue weighted by Crippen LogP contribution is -2.44. The molecule has 2 aromatic rings. The highest BCUT2D eigenvalue weighted by Gasteiger charge is 2.36. The molecule has 0 unspecified atom stereocenters. The zero-order valence-electron chi connectivity index (χ0n) is 14.3. The van der Waals surface area contributed by atoms with Gasteiger partial charge in [0.2, 0.25) is 11.8 Å². The van der Waals surface area contributed by atoms with E-state index in [1.807, 2.05) is 13.0 Å². The first-order valence-electron chi connectivity index (χ1n) is 7.61. The molecule has 0 aliphatic heterocycles. The van der Waals surface area contributed by atoms with Gasteiger partial charge < -0.3 is 19.8 Å². The van der Waals surface area contributed by atoms with Crippen LogP contribution in [-0.4, -0.2) is 18.9 Å². The Hall–Kier alpha value is -2.76. The number of methoxy groups -OCH3 is 1. The number of furan rings is 1. The molecule has 1 aromatic heterocycles. The summed E-state index contributed by atoms with van der Waals surface area (Å²) in [5.74, 6) is 0.368. The molecule has 0 saturated heterocycles. The van der Waals surface area contributed by atoms with Gasteiger partial charge in [0.1, 0.15) is 16.9 Å². The molecule has 128 valence electrons. The summed E-state index contributed by atoms with van der Waals surface area (Å²) >= 11 is 0. The second kappa shape index (κ2) is 7.21. The molecular formula is C18H22N2O4. The maximum Gasteiger partial charge on any atom is 0.239 e. The van der Waals surface area contributed by atoms with E-state index in [-0.39, 0.29) is 12.5 Å². The van der Waals surface area contributed by atoms with Gasteiger partial charge in [0.15, 0.2) is 0 Å². The minimum absolute atomic E-state index is 0.232. The van der Waals surface area contributed by atoms with Gasteiger partial charge in [0, 0.05) is 0 Å². The Morgan fingerprint density at radius 3 is 2.58 bits per heavy atom. The van der Waals surface area contributed by atoms with E-state index in [9.17, 15) is 9.59 Å². The Balaban J connectivity index is 2.06. The average molecular weight is 330 g/mol. The number of hydrogen-bond acceptors (Lipinski definition) is 4. The summed E-state index contributed by atoms with van der Waals surface area (Å²) in [6.45, 7) is 5.29. The Morgan fingerprint density at radius 2 is 1.96 bits per heavy atom. The minimum atomic E-state index is -1.25. The third-order valence-corrected chi connectivity index (χ3v) is 3.74. The number of anilines is 1. The predicted molar refractivity (Wildman–Crippen MR) is 90.7 cm³/mol. The molecule has 1 heterocycles. The van der Waals surface area contributed by atoms with Crippen molar-refractivity contribution in [2.45, 2.75) is 27.3 Å². The third kappa shape index (κ3) is 3.95. The van der Waals surface area contributed by atoms with E-state index in [0.717, 1.165) is 5.56 Å². The molecule has 0 atom stereocenters. The van der Waals surface area contributed by atoms with Gasteiger partial charge in [-0.2, -0.15) is 0 Å². The van der Waals surface area contributed by atoms with E-state index in [0.29, 0.717) is 17.2 Å². The normalized spacial score (nSPS) is 11.0. The van der Waals surface area contributed by atoms with Gasteiger partial charge in [-0.15, -0.1) is 0 Å². The highest BCUT2D eigenvalue weighted by atomic mass is 16.5. The smallest absolute Gasteiger partial charge is 0.239 e. The van der Waals surface area contributed by atoms with E-state index >= 15 is 0 Å². The third-order valence-electron chi connectivity index (χ3n) is 3.74. The van der Waals surface area contributed by atoms with E-state index in [4.69, 9.17) is 9.15 Å². The van der Waals surface area contributed by atoms with E-state index in [2.05, 4.69) is 10.6 Å². The first-order chi connectivity index (χ1) is 11.3. The number of benzene rings is 1. The fourth-order valence-corrected chi connectivity index (χ4v) is 2.10. The molecule has 0 bridgehead atoms. The fourth-order valence-electron chi connectivity index (χ4n) is 2.10. The molecule has 6 nitrogen and oxygen atoms in total. The Morgan fingerprint density at radius 1 is 1.21 bits per heavy atom. The molecule has 0 aliphatic carbocycles. The van der Waals surface area contributed by atoms with Crippen molar-refractivity contribution < 1.29 is 18.7 Å². The zero-order valence-corrected chi connectivity index (χ0v) is 14.3. The Kier molecular flexibility index (Phi) is 5.28. The summed E-state index contributed by atoms with van der Waals surface area (Å²) in [4.78, 5) is 24.9. The number of nitrogens with one attached hydrogen (secondary N) is 2. The minimum Gasteiger partial charge on any atom is -0.495 e.